The number of amidine groups is 1. The molecule has 0 saturated heterocycles. The maximum atomic E-state index is 13.1. The van der Waals surface area contributed by atoms with E-state index in [1.807, 2.05) is 46.7 Å². The first kappa shape index (κ1) is 17.7. The molecule has 0 atom stereocenters. The molecule has 0 aliphatic carbocycles. The van der Waals surface area contributed by atoms with Crippen LogP contribution in [0.4, 0.5) is 0 Å². The average Bonchev–Trinajstić information content (AvgIpc) is 2.90. The Kier molecular flexibility index (Phi) is 5.01. The van der Waals surface area contributed by atoms with Crippen LogP contribution in [0.15, 0.2) is 40.3 Å². The monoisotopic (exact) mass is 338 g/mol. The second-order valence-electron chi connectivity index (χ2n) is 6.47. The lowest BCUT2D eigenvalue weighted by molar-refractivity contribution is -0.171. The van der Waals surface area contributed by atoms with Crippen molar-refractivity contribution in [3.05, 3.63) is 30.3 Å². The molecular formula is C16H26N4O2S. The molecule has 7 heteroatoms. The standard InChI is InChI=1S/C16H26N4O2S/c1-12(2)18-16(17-19(13(3)4)20(18)14(5)6)23(21,22)15-10-8-7-9-11-15/h7-14H,1-6H3. The first-order valence-corrected chi connectivity index (χ1v) is 9.42. The SMILES string of the molecule is CC(C)N1N=C(S(=O)(=O)c2ccccc2)N(C(C)C)N1C(C)C. The molecule has 0 aromatic heterocycles. The zero-order chi connectivity index (χ0) is 17.4. The van der Waals surface area contributed by atoms with Crippen molar-refractivity contribution in [2.45, 2.75) is 64.6 Å². The van der Waals surface area contributed by atoms with E-state index in [1.54, 1.807) is 40.5 Å². The lowest BCUT2D eigenvalue weighted by atomic mass is 10.3. The number of rotatable bonds is 4. The highest BCUT2D eigenvalue weighted by molar-refractivity contribution is 8.06. The summed E-state index contributed by atoms with van der Waals surface area (Å²) in [7, 11) is -3.67. The van der Waals surface area contributed by atoms with Gasteiger partial charge in [0.2, 0.25) is 9.84 Å². The van der Waals surface area contributed by atoms with E-state index in [1.165, 1.54) is 0 Å². The van der Waals surface area contributed by atoms with Crippen molar-refractivity contribution in [1.82, 2.24) is 15.2 Å². The molecule has 0 saturated carbocycles. The molecule has 0 radical (unpaired) electrons. The molecule has 1 aromatic rings. The van der Waals surface area contributed by atoms with E-state index < -0.39 is 9.84 Å². The van der Waals surface area contributed by atoms with Gasteiger partial charge in [0.25, 0.3) is 5.17 Å². The quantitative estimate of drug-likeness (QED) is 0.845. The number of hydrogen-bond donors (Lipinski definition) is 0. The summed E-state index contributed by atoms with van der Waals surface area (Å²) in [5, 5.41) is 9.98. The fourth-order valence-electron chi connectivity index (χ4n) is 2.54. The number of hydrazine groups is 2. The van der Waals surface area contributed by atoms with Crippen LogP contribution in [0.1, 0.15) is 41.5 Å². The average molecular weight is 338 g/mol. The Morgan fingerprint density at radius 3 is 1.87 bits per heavy atom. The van der Waals surface area contributed by atoms with Gasteiger partial charge in [-0.15, -0.1) is 10.2 Å². The van der Waals surface area contributed by atoms with Crippen LogP contribution in [0.25, 0.3) is 0 Å². The van der Waals surface area contributed by atoms with Crippen molar-refractivity contribution < 1.29 is 8.42 Å². The van der Waals surface area contributed by atoms with Crippen molar-refractivity contribution in [3.63, 3.8) is 0 Å². The molecule has 1 aliphatic heterocycles. The van der Waals surface area contributed by atoms with Gasteiger partial charge in [0.15, 0.2) is 0 Å². The second kappa shape index (κ2) is 6.49. The third kappa shape index (κ3) is 3.21. The Hall–Kier alpha value is -1.60. The highest BCUT2D eigenvalue weighted by atomic mass is 32.2. The first-order chi connectivity index (χ1) is 10.7. The zero-order valence-electron chi connectivity index (χ0n) is 14.6. The molecule has 128 valence electrons. The summed E-state index contributed by atoms with van der Waals surface area (Å²) in [5.41, 5.74) is 0. The van der Waals surface area contributed by atoms with E-state index in [4.69, 9.17) is 0 Å². The molecule has 1 heterocycles. The van der Waals surface area contributed by atoms with E-state index in [0.29, 0.717) is 0 Å². The fourth-order valence-corrected chi connectivity index (χ4v) is 4.00. The number of hydrogen-bond acceptors (Lipinski definition) is 6. The summed E-state index contributed by atoms with van der Waals surface area (Å²) < 4.78 is 26.1. The minimum atomic E-state index is -3.67. The molecule has 0 fully saturated rings. The summed E-state index contributed by atoms with van der Waals surface area (Å²) in [6.07, 6.45) is 0. The highest BCUT2D eigenvalue weighted by Gasteiger charge is 2.43. The maximum absolute atomic E-state index is 13.1. The second-order valence-corrected chi connectivity index (χ2v) is 8.31. The Balaban J connectivity index is 2.57. The molecule has 0 spiro atoms. The van der Waals surface area contributed by atoms with Crippen LogP contribution in [-0.4, -0.2) is 47.0 Å². The molecule has 1 aliphatic rings. The highest BCUT2D eigenvalue weighted by Crippen LogP contribution is 2.28. The van der Waals surface area contributed by atoms with Gasteiger partial charge in [-0.3, -0.25) is 5.01 Å². The third-order valence-corrected chi connectivity index (χ3v) is 5.16. The van der Waals surface area contributed by atoms with Crippen molar-refractivity contribution in [3.8, 4) is 0 Å². The molecule has 0 amide bonds. The van der Waals surface area contributed by atoms with Crippen molar-refractivity contribution in [1.29, 1.82) is 0 Å². The summed E-state index contributed by atoms with van der Waals surface area (Å²) in [6, 6.07) is 8.58. The molecule has 23 heavy (non-hydrogen) atoms. The Labute approximate surface area is 139 Å². The molecule has 6 nitrogen and oxygen atoms in total. The van der Waals surface area contributed by atoms with Crippen molar-refractivity contribution >= 4 is 15.0 Å². The number of benzene rings is 1. The largest absolute Gasteiger partial charge is 0.264 e. The molecule has 1 aromatic carbocycles. The van der Waals surface area contributed by atoms with E-state index >= 15 is 0 Å². The predicted molar refractivity (Wildman–Crippen MR) is 92.0 cm³/mol. The topological polar surface area (TPSA) is 56.2 Å². The molecule has 2 rings (SSSR count). The summed E-state index contributed by atoms with van der Waals surface area (Å²) in [5.74, 6) is 0. The van der Waals surface area contributed by atoms with Crippen molar-refractivity contribution in [2.75, 3.05) is 0 Å². The van der Waals surface area contributed by atoms with Gasteiger partial charge < -0.3 is 0 Å². The van der Waals surface area contributed by atoms with E-state index in [9.17, 15) is 8.42 Å². The molecule has 0 bridgehead atoms. The van der Waals surface area contributed by atoms with Crippen LogP contribution in [0, 0.1) is 0 Å². The Morgan fingerprint density at radius 1 is 0.870 bits per heavy atom. The minimum Gasteiger partial charge on any atom is -0.256 e. The number of sulfone groups is 1. The van der Waals surface area contributed by atoms with Gasteiger partial charge in [0.05, 0.1) is 10.9 Å². The van der Waals surface area contributed by atoms with Gasteiger partial charge in [0, 0.05) is 12.1 Å². The molecule has 0 N–H and O–H groups in total. The predicted octanol–water partition coefficient (Wildman–Crippen LogP) is 2.71. The van der Waals surface area contributed by atoms with Gasteiger partial charge in [0.1, 0.15) is 0 Å². The zero-order valence-corrected chi connectivity index (χ0v) is 15.4. The third-order valence-electron chi connectivity index (χ3n) is 3.52. The molecule has 0 unspecified atom stereocenters. The normalized spacial score (nSPS) is 16.8. The first-order valence-electron chi connectivity index (χ1n) is 7.94. The van der Waals surface area contributed by atoms with Gasteiger partial charge in [-0.1, -0.05) is 18.2 Å². The number of hydrazone groups is 1. The molecular weight excluding hydrogens is 312 g/mol. The van der Waals surface area contributed by atoms with Gasteiger partial charge >= 0.3 is 0 Å². The number of nitrogens with zero attached hydrogens (tertiary/aromatic N) is 4. The van der Waals surface area contributed by atoms with Gasteiger partial charge in [-0.25, -0.2) is 13.5 Å². The van der Waals surface area contributed by atoms with Crippen LogP contribution in [0.2, 0.25) is 0 Å². The summed E-state index contributed by atoms with van der Waals surface area (Å²) in [4.78, 5) is 0.263. The van der Waals surface area contributed by atoms with Crippen molar-refractivity contribution in [2.24, 2.45) is 5.10 Å². The van der Waals surface area contributed by atoms with E-state index in [2.05, 4.69) is 5.10 Å². The van der Waals surface area contributed by atoms with E-state index in [0.717, 1.165) is 0 Å². The van der Waals surface area contributed by atoms with Gasteiger partial charge in [-0.05, 0) is 53.7 Å². The summed E-state index contributed by atoms with van der Waals surface area (Å²) in [6.45, 7) is 12.0. The maximum Gasteiger partial charge on any atom is 0.264 e. The van der Waals surface area contributed by atoms with Crippen LogP contribution in [-0.2, 0) is 9.84 Å². The van der Waals surface area contributed by atoms with Crippen LogP contribution in [0.3, 0.4) is 0 Å². The smallest absolute Gasteiger partial charge is 0.256 e. The van der Waals surface area contributed by atoms with E-state index in [-0.39, 0.29) is 28.2 Å². The Morgan fingerprint density at radius 2 is 1.43 bits per heavy atom. The lowest BCUT2D eigenvalue weighted by Gasteiger charge is -2.40. The minimum absolute atomic E-state index is 0.0293. The van der Waals surface area contributed by atoms with Crippen LogP contribution < -0.4 is 0 Å². The Bertz CT molecular complexity index is 669. The van der Waals surface area contributed by atoms with Crippen LogP contribution >= 0.6 is 0 Å². The summed E-state index contributed by atoms with van der Waals surface area (Å²) >= 11 is 0. The van der Waals surface area contributed by atoms with Gasteiger partial charge in [-0.2, -0.15) is 0 Å². The lowest BCUT2D eigenvalue weighted by Crippen LogP contribution is -2.56. The van der Waals surface area contributed by atoms with Crippen LogP contribution in [0.5, 0.6) is 0 Å². The fraction of sp³-hybridized carbons (Fsp3) is 0.562.